The van der Waals surface area contributed by atoms with Crippen molar-refractivity contribution >= 4 is 28.5 Å². The van der Waals surface area contributed by atoms with Crippen molar-refractivity contribution in [1.29, 1.82) is 0 Å². The van der Waals surface area contributed by atoms with Gasteiger partial charge in [0.1, 0.15) is 5.75 Å². The lowest BCUT2D eigenvalue weighted by molar-refractivity contribution is 0.108. The van der Waals surface area contributed by atoms with Crippen molar-refractivity contribution in [2.75, 3.05) is 7.11 Å². The first kappa shape index (κ1) is 15.6. The molecule has 1 aromatic heterocycles. The van der Waals surface area contributed by atoms with E-state index in [1.165, 1.54) is 0 Å². The van der Waals surface area contributed by atoms with E-state index >= 15 is 0 Å². The van der Waals surface area contributed by atoms with E-state index in [2.05, 4.69) is 10.2 Å². The molecule has 3 aromatic rings. The second-order valence-electron chi connectivity index (χ2n) is 4.47. The smallest absolute Gasteiger partial charge is 0.284 e. The quantitative estimate of drug-likeness (QED) is 0.655. The molecule has 0 radical (unpaired) electrons. The van der Waals surface area contributed by atoms with Gasteiger partial charge in [0.05, 0.1) is 12.7 Å². The predicted molar refractivity (Wildman–Crippen MR) is 87.9 cm³/mol. The zero-order valence-corrected chi connectivity index (χ0v) is 13.6. The number of thioether (sulfide) groups is 1. The zero-order valence-electron chi connectivity index (χ0n) is 12.0. The number of methoxy groups -OCH3 is 1. The highest BCUT2D eigenvalue weighted by Crippen LogP contribution is 2.31. The van der Waals surface area contributed by atoms with Gasteiger partial charge in [-0.05, 0) is 36.4 Å². The third kappa shape index (κ3) is 3.55. The average Bonchev–Trinajstić information content (AvgIpc) is 3.03. The molecular weight excluding hydrogens is 336 g/mol. The zero-order chi connectivity index (χ0) is 16.2. The molecule has 0 aliphatic heterocycles. The van der Waals surface area contributed by atoms with Crippen molar-refractivity contribution in [3.8, 4) is 17.2 Å². The van der Waals surface area contributed by atoms with Gasteiger partial charge in [-0.25, -0.2) is 0 Å². The van der Waals surface area contributed by atoms with E-state index in [1.807, 2.05) is 18.2 Å². The Morgan fingerprint density at radius 1 is 1.13 bits per heavy atom. The summed E-state index contributed by atoms with van der Waals surface area (Å²) in [7, 11) is 1.56. The van der Waals surface area contributed by atoms with E-state index in [0.29, 0.717) is 27.8 Å². The molecule has 0 saturated carbocycles. The summed E-state index contributed by atoms with van der Waals surface area (Å²) in [6.45, 7) is 0. The van der Waals surface area contributed by atoms with Crippen LogP contribution in [0.4, 0.5) is 0 Å². The SMILES string of the molecule is COc1ccccc1-c1nnc(SC(=O)c2ccc(Cl)cc2)o1. The number of carbonyl (C=O) groups is 1. The maximum Gasteiger partial charge on any atom is 0.284 e. The van der Waals surface area contributed by atoms with Crippen LogP contribution in [0.2, 0.25) is 5.02 Å². The normalized spacial score (nSPS) is 10.5. The van der Waals surface area contributed by atoms with Gasteiger partial charge in [-0.2, -0.15) is 0 Å². The Balaban J connectivity index is 1.79. The Bertz CT molecular complexity index is 833. The molecule has 0 saturated heterocycles. The molecule has 5 nitrogen and oxygen atoms in total. The molecule has 1 heterocycles. The molecule has 23 heavy (non-hydrogen) atoms. The number of aromatic nitrogens is 2. The molecule has 0 amide bonds. The van der Waals surface area contributed by atoms with E-state index in [-0.39, 0.29) is 10.3 Å². The van der Waals surface area contributed by atoms with Crippen LogP contribution in [-0.4, -0.2) is 22.4 Å². The van der Waals surface area contributed by atoms with E-state index in [9.17, 15) is 4.79 Å². The Hall–Kier alpha value is -2.31. The number of benzene rings is 2. The van der Waals surface area contributed by atoms with E-state index in [1.54, 1.807) is 37.4 Å². The first-order chi connectivity index (χ1) is 11.2. The first-order valence-electron chi connectivity index (χ1n) is 6.62. The molecule has 7 heteroatoms. The van der Waals surface area contributed by atoms with Crippen LogP contribution in [0.25, 0.3) is 11.5 Å². The monoisotopic (exact) mass is 346 g/mol. The van der Waals surface area contributed by atoms with Crippen LogP contribution in [0.5, 0.6) is 5.75 Å². The van der Waals surface area contributed by atoms with Gasteiger partial charge in [-0.15, -0.1) is 10.2 Å². The summed E-state index contributed by atoms with van der Waals surface area (Å²) in [5, 5.41) is 8.41. The molecule has 2 aromatic carbocycles. The molecular formula is C16H11ClN2O3S. The number of rotatable bonds is 4. The van der Waals surface area contributed by atoms with Crippen LogP contribution < -0.4 is 4.74 Å². The van der Waals surface area contributed by atoms with Crippen molar-refractivity contribution in [2.24, 2.45) is 0 Å². The minimum atomic E-state index is -0.197. The highest BCUT2D eigenvalue weighted by molar-refractivity contribution is 8.14. The average molecular weight is 347 g/mol. The Morgan fingerprint density at radius 3 is 2.61 bits per heavy atom. The molecule has 0 atom stereocenters. The molecule has 0 unspecified atom stereocenters. The van der Waals surface area contributed by atoms with Gasteiger partial charge in [0.25, 0.3) is 11.1 Å². The number of hydrogen-bond acceptors (Lipinski definition) is 6. The highest BCUT2D eigenvalue weighted by atomic mass is 35.5. The standard InChI is InChI=1S/C16H11ClN2O3S/c1-21-13-5-3-2-4-12(13)14-18-19-16(22-14)23-15(20)10-6-8-11(17)9-7-10/h2-9H,1H3. The topological polar surface area (TPSA) is 65.2 Å². The van der Waals surface area contributed by atoms with Crippen LogP contribution >= 0.6 is 23.4 Å². The van der Waals surface area contributed by atoms with Crippen molar-refractivity contribution in [2.45, 2.75) is 5.22 Å². The summed E-state index contributed by atoms with van der Waals surface area (Å²) in [5.41, 5.74) is 1.18. The van der Waals surface area contributed by atoms with Crippen molar-refractivity contribution in [3.63, 3.8) is 0 Å². The molecule has 116 valence electrons. The summed E-state index contributed by atoms with van der Waals surface area (Å²) >= 11 is 6.67. The number of ether oxygens (including phenoxy) is 1. The van der Waals surface area contributed by atoms with Crippen LogP contribution in [0.15, 0.2) is 58.2 Å². The van der Waals surface area contributed by atoms with Crippen LogP contribution in [0.3, 0.4) is 0 Å². The van der Waals surface area contributed by atoms with Crippen molar-refractivity contribution in [1.82, 2.24) is 10.2 Å². The third-order valence-electron chi connectivity index (χ3n) is 3.00. The Morgan fingerprint density at radius 2 is 1.87 bits per heavy atom. The van der Waals surface area contributed by atoms with Gasteiger partial charge in [0, 0.05) is 22.3 Å². The molecule has 0 bridgehead atoms. The Kier molecular flexibility index (Phi) is 4.64. The number of nitrogens with zero attached hydrogens (tertiary/aromatic N) is 2. The van der Waals surface area contributed by atoms with E-state index in [0.717, 1.165) is 11.8 Å². The molecule has 0 spiro atoms. The lowest BCUT2D eigenvalue weighted by atomic mass is 10.2. The molecule has 3 rings (SSSR count). The van der Waals surface area contributed by atoms with Crippen molar-refractivity contribution in [3.05, 3.63) is 59.1 Å². The summed E-state index contributed by atoms with van der Waals surface area (Å²) < 4.78 is 10.8. The van der Waals surface area contributed by atoms with Gasteiger partial charge < -0.3 is 9.15 Å². The van der Waals surface area contributed by atoms with Gasteiger partial charge >= 0.3 is 0 Å². The lowest BCUT2D eigenvalue weighted by Gasteiger charge is -2.03. The molecule has 0 aliphatic rings. The van der Waals surface area contributed by atoms with Gasteiger partial charge in [-0.1, -0.05) is 23.7 Å². The van der Waals surface area contributed by atoms with Crippen LogP contribution in [0, 0.1) is 0 Å². The summed E-state index contributed by atoms with van der Waals surface area (Å²) in [4.78, 5) is 12.2. The molecule has 0 N–H and O–H groups in total. The predicted octanol–water partition coefficient (Wildman–Crippen LogP) is 4.33. The number of para-hydroxylation sites is 1. The summed E-state index contributed by atoms with van der Waals surface area (Å²) in [6.07, 6.45) is 0. The maximum atomic E-state index is 12.2. The second-order valence-corrected chi connectivity index (χ2v) is 5.83. The second kappa shape index (κ2) is 6.85. The van der Waals surface area contributed by atoms with Crippen LogP contribution in [0.1, 0.15) is 10.4 Å². The minimum Gasteiger partial charge on any atom is -0.496 e. The number of halogens is 1. The lowest BCUT2D eigenvalue weighted by Crippen LogP contribution is -1.92. The summed E-state index contributed by atoms with van der Waals surface area (Å²) in [5.74, 6) is 0.922. The molecule has 0 aliphatic carbocycles. The van der Waals surface area contributed by atoms with Gasteiger partial charge in [0.2, 0.25) is 5.12 Å². The number of carbonyl (C=O) groups excluding carboxylic acids is 1. The third-order valence-corrected chi connectivity index (χ3v) is 4.02. The van der Waals surface area contributed by atoms with Gasteiger partial charge in [0.15, 0.2) is 0 Å². The minimum absolute atomic E-state index is 0.172. The highest BCUT2D eigenvalue weighted by Gasteiger charge is 2.16. The fourth-order valence-electron chi connectivity index (χ4n) is 1.91. The number of hydrogen-bond donors (Lipinski definition) is 0. The maximum absolute atomic E-state index is 12.2. The van der Waals surface area contributed by atoms with Gasteiger partial charge in [-0.3, -0.25) is 4.79 Å². The fraction of sp³-hybridized carbons (Fsp3) is 0.0625. The summed E-state index contributed by atoms with van der Waals surface area (Å²) in [6, 6.07) is 13.9. The van der Waals surface area contributed by atoms with E-state index < -0.39 is 0 Å². The fourth-order valence-corrected chi connectivity index (χ4v) is 2.65. The Labute approximate surface area is 141 Å². The molecule has 0 fully saturated rings. The van der Waals surface area contributed by atoms with Crippen LogP contribution in [-0.2, 0) is 0 Å². The largest absolute Gasteiger partial charge is 0.496 e. The van der Waals surface area contributed by atoms with E-state index in [4.69, 9.17) is 20.8 Å². The first-order valence-corrected chi connectivity index (χ1v) is 7.81. The van der Waals surface area contributed by atoms with Crippen molar-refractivity contribution < 1.29 is 13.9 Å².